The zero-order valence-corrected chi connectivity index (χ0v) is 27.4. The summed E-state index contributed by atoms with van der Waals surface area (Å²) in [7, 11) is 1.57. The van der Waals surface area contributed by atoms with E-state index < -0.39 is 11.8 Å². The summed E-state index contributed by atoms with van der Waals surface area (Å²) in [6, 6.07) is 28.0. The first-order valence-electron chi connectivity index (χ1n) is 13.7. The van der Waals surface area contributed by atoms with Gasteiger partial charge < -0.3 is 20.7 Å². The van der Waals surface area contributed by atoms with Gasteiger partial charge in [0.1, 0.15) is 11.4 Å². The third-order valence-electron chi connectivity index (χ3n) is 6.38. The molecule has 0 spiro atoms. The van der Waals surface area contributed by atoms with Crippen LogP contribution in [0.2, 0.25) is 10.0 Å². The molecule has 8 nitrogen and oxygen atoms in total. The maximum atomic E-state index is 13.4. The average molecular weight is 690 g/mol. The van der Waals surface area contributed by atoms with E-state index in [0.29, 0.717) is 43.4 Å². The first-order valence-corrected chi connectivity index (χ1v) is 16.4. The summed E-state index contributed by atoms with van der Waals surface area (Å²) in [6.07, 6.45) is 1.59. The fraction of sp³-hybridized carbons (Fsp3) is 0.0588. The normalized spacial score (nSPS) is 11.1. The maximum Gasteiger partial charge on any atom is 0.272 e. The number of hydrogen-bond donors (Lipinski definition) is 3. The van der Waals surface area contributed by atoms with E-state index in [1.165, 1.54) is 23.1 Å². The summed E-state index contributed by atoms with van der Waals surface area (Å²) < 4.78 is 5.22. The lowest BCUT2D eigenvalue weighted by Crippen LogP contribution is -2.30. The van der Waals surface area contributed by atoms with Crippen molar-refractivity contribution in [1.82, 2.24) is 10.3 Å². The van der Waals surface area contributed by atoms with Crippen molar-refractivity contribution in [2.75, 3.05) is 23.5 Å². The highest BCUT2D eigenvalue weighted by Crippen LogP contribution is 2.32. The SMILES string of the molecule is COc1ccc(/C=C(/NC(=O)c2ccccc2)C(=O)Nc2cccc(SCC(=O)Nc3nc(-c4ccc(Cl)cc4Cl)cs3)c2)cc1. The van der Waals surface area contributed by atoms with Crippen LogP contribution in [0.15, 0.2) is 113 Å². The lowest BCUT2D eigenvalue weighted by molar-refractivity contribution is -0.114. The van der Waals surface area contributed by atoms with Gasteiger partial charge >= 0.3 is 0 Å². The van der Waals surface area contributed by atoms with Gasteiger partial charge in [0.15, 0.2) is 5.13 Å². The molecule has 5 aromatic rings. The Balaban J connectivity index is 1.23. The highest BCUT2D eigenvalue weighted by atomic mass is 35.5. The van der Waals surface area contributed by atoms with E-state index in [2.05, 4.69) is 20.9 Å². The van der Waals surface area contributed by atoms with Gasteiger partial charge in [-0.15, -0.1) is 23.1 Å². The Bertz CT molecular complexity index is 1900. The molecule has 1 heterocycles. The van der Waals surface area contributed by atoms with Gasteiger partial charge in [-0.1, -0.05) is 59.6 Å². The lowest BCUT2D eigenvalue weighted by atomic mass is 10.1. The summed E-state index contributed by atoms with van der Waals surface area (Å²) in [4.78, 5) is 44.3. The minimum absolute atomic E-state index is 0.0548. The molecule has 1 aromatic heterocycles. The minimum Gasteiger partial charge on any atom is -0.497 e. The van der Waals surface area contributed by atoms with Crippen LogP contribution < -0.4 is 20.7 Å². The lowest BCUT2D eigenvalue weighted by Gasteiger charge is -2.12. The van der Waals surface area contributed by atoms with E-state index in [1.807, 2.05) is 11.4 Å². The Hall–Kier alpha value is -4.61. The summed E-state index contributed by atoms with van der Waals surface area (Å²) in [6.45, 7) is 0. The molecular weight excluding hydrogens is 663 g/mol. The van der Waals surface area contributed by atoms with Gasteiger partial charge in [-0.2, -0.15) is 0 Å². The van der Waals surface area contributed by atoms with Gasteiger partial charge in [-0.25, -0.2) is 4.98 Å². The fourth-order valence-corrected chi connectivity index (χ4v) is 6.11. The molecule has 5 rings (SSSR count). The molecule has 3 amide bonds. The Kier molecular flexibility index (Phi) is 11.1. The third kappa shape index (κ3) is 8.98. The Morgan fingerprint density at radius 2 is 1.70 bits per heavy atom. The van der Waals surface area contributed by atoms with Gasteiger partial charge in [0.2, 0.25) is 5.91 Å². The molecule has 232 valence electrons. The van der Waals surface area contributed by atoms with Gasteiger partial charge in [-0.3, -0.25) is 14.4 Å². The summed E-state index contributed by atoms with van der Waals surface area (Å²) in [5.74, 6) is -0.395. The van der Waals surface area contributed by atoms with Crippen LogP contribution in [0.3, 0.4) is 0 Å². The number of anilines is 2. The standard InChI is InChI=1S/C34H26Cl2N4O4S2/c1-44-25-13-10-21(11-14-25)16-29(38-32(42)22-6-3-2-4-7-22)33(43)37-24-8-5-9-26(18-24)45-20-31(41)40-34-39-30(19-46-34)27-15-12-23(35)17-28(27)36/h2-19H,20H2,1H3,(H,37,43)(H,38,42)(H,39,40,41)/b29-16+. The Labute approximate surface area is 283 Å². The number of thioether (sulfide) groups is 1. The van der Waals surface area contributed by atoms with Crippen molar-refractivity contribution in [3.63, 3.8) is 0 Å². The smallest absolute Gasteiger partial charge is 0.272 e. The van der Waals surface area contributed by atoms with Crippen LogP contribution in [0.5, 0.6) is 5.75 Å². The van der Waals surface area contributed by atoms with Crippen LogP contribution in [0.4, 0.5) is 10.8 Å². The topological polar surface area (TPSA) is 109 Å². The highest BCUT2D eigenvalue weighted by molar-refractivity contribution is 8.00. The number of halogens is 2. The van der Waals surface area contributed by atoms with Crippen molar-refractivity contribution in [1.29, 1.82) is 0 Å². The van der Waals surface area contributed by atoms with Crippen molar-refractivity contribution in [2.24, 2.45) is 0 Å². The van der Waals surface area contributed by atoms with Crippen LogP contribution in [0.25, 0.3) is 17.3 Å². The zero-order chi connectivity index (χ0) is 32.5. The second-order valence-electron chi connectivity index (χ2n) is 9.63. The van der Waals surface area contributed by atoms with Crippen LogP contribution in [-0.4, -0.2) is 35.6 Å². The predicted molar refractivity (Wildman–Crippen MR) is 187 cm³/mol. The molecule has 12 heteroatoms. The summed E-state index contributed by atoms with van der Waals surface area (Å²) in [5, 5.41) is 11.6. The number of amides is 3. The monoisotopic (exact) mass is 688 g/mol. The van der Waals surface area contributed by atoms with Crippen molar-refractivity contribution in [3.8, 4) is 17.0 Å². The Morgan fingerprint density at radius 1 is 0.913 bits per heavy atom. The molecule has 0 fully saturated rings. The van der Waals surface area contributed by atoms with Crippen molar-refractivity contribution in [3.05, 3.63) is 129 Å². The zero-order valence-electron chi connectivity index (χ0n) is 24.3. The molecule has 0 saturated heterocycles. The Morgan fingerprint density at radius 3 is 2.43 bits per heavy atom. The van der Waals surface area contributed by atoms with Crippen LogP contribution in [-0.2, 0) is 9.59 Å². The molecule has 0 unspecified atom stereocenters. The van der Waals surface area contributed by atoms with Gasteiger partial charge in [0, 0.05) is 32.1 Å². The number of carbonyl (C=O) groups excluding carboxylic acids is 3. The number of carbonyl (C=O) groups is 3. The molecule has 0 aliphatic carbocycles. The number of ether oxygens (including phenoxy) is 1. The molecule has 0 saturated carbocycles. The van der Waals surface area contributed by atoms with Crippen molar-refractivity contribution in [2.45, 2.75) is 4.90 Å². The molecule has 46 heavy (non-hydrogen) atoms. The number of nitrogens with zero attached hydrogens (tertiary/aromatic N) is 1. The first-order chi connectivity index (χ1) is 22.3. The molecule has 3 N–H and O–H groups in total. The number of aromatic nitrogens is 1. The molecule has 0 aliphatic rings. The van der Waals surface area contributed by atoms with Crippen LogP contribution in [0.1, 0.15) is 15.9 Å². The van der Waals surface area contributed by atoms with E-state index in [4.69, 9.17) is 27.9 Å². The molecule has 4 aromatic carbocycles. The van der Waals surface area contributed by atoms with E-state index in [0.717, 1.165) is 10.5 Å². The van der Waals surface area contributed by atoms with Gasteiger partial charge in [0.05, 0.1) is 23.6 Å². The number of hydrogen-bond acceptors (Lipinski definition) is 7. The first kappa shape index (κ1) is 32.8. The maximum absolute atomic E-state index is 13.4. The highest BCUT2D eigenvalue weighted by Gasteiger charge is 2.16. The molecule has 0 aliphatic heterocycles. The van der Waals surface area contributed by atoms with Crippen molar-refractivity contribution >= 4 is 80.9 Å². The summed E-state index contributed by atoms with van der Waals surface area (Å²) >= 11 is 14.9. The number of rotatable bonds is 11. The minimum atomic E-state index is -0.514. The van der Waals surface area contributed by atoms with Crippen LogP contribution in [0, 0.1) is 0 Å². The fourth-order valence-electron chi connectivity index (χ4n) is 4.13. The number of thiazole rings is 1. The predicted octanol–water partition coefficient (Wildman–Crippen LogP) is 8.27. The average Bonchev–Trinajstić information content (AvgIpc) is 3.52. The van der Waals surface area contributed by atoms with Gasteiger partial charge in [0.25, 0.3) is 11.8 Å². The van der Waals surface area contributed by atoms with E-state index >= 15 is 0 Å². The van der Waals surface area contributed by atoms with E-state index in [1.54, 1.807) is 104 Å². The van der Waals surface area contributed by atoms with Crippen LogP contribution >= 0.6 is 46.3 Å². The van der Waals surface area contributed by atoms with E-state index in [9.17, 15) is 14.4 Å². The second-order valence-corrected chi connectivity index (χ2v) is 12.4. The van der Waals surface area contributed by atoms with E-state index in [-0.39, 0.29) is 17.4 Å². The summed E-state index contributed by atoms with van der Waals surface area (Å²) in [5.41, 5.74) is 3.01. The largest absolute Gasteiger partial charge is 0.497 e. The number of benzene rings is 4. The third-order valence-corrected chi connectivity index (χ3v) is 8.67. The van der Waals surface area contributed by atoms with Crippen molar-refractivity contribution < 1.29 is 19.1 Å². The molecule has 0 atom stereocenters. The number of nitrogens with one attached hydrogen (secondary N) is 3. The molecule has 0 radical (unpaired) electrons. The van der Waals surface area contributed by atoms with Gasteiger partial charge in [-0.05, 0) is 72.3 Å². The number of methoxy groups -OCH3 is 1. The quantitative estimate of drug-likeness (QED) is 0.0952. The molecule has 0 bridgehead atoms. The molecular formula is C34H26Cl2N4O4S2. The second kappa shape index (κ2) is 15.6.